The molecule has 0 radical (unpaired) electrons. The summed E-state index contributed by atoms with van der Waals surface area (Å²) in [5.41, 5.74) is 1.58. The molecule has 10 nitrogen and oxygen atoms in total. The third-order valence-electron chi connectivity index (χ3n) is 5.59. The quantitative estimate of drug-likeness (QED) is 0.363. The molecule has 10 heteroatoms. The topological polar surface area (TPSA) is 135 Å². The number of hydrogen-bond donors (Lipinski definition) is 4. The van der Waals surface area contributed by atoms with Crippen LogP contribution in [0.5, 0.6) is 17.2 Å². The van der Waals surface area contributed by atoms with Gasteiger partial charge in [-0.3, -0.25) is 9.59 Å². The van der Waals surface area contributed by atoms with E-state index in [0.29, 0.717) is 43.0 Å². The molecular weight excluding hydrogens is 454 g/mol. The van der Waals surface area contributed by atoms with Gasteiger partial charge in [0.15, 0.2) is 11.5 Å². The third-order valence-corrected chi connectivity index (χ3v) is 5.59. The first-order valence-corrected chi connectivity index (χ1v) is 11.4. The zero-order chi connectivity index (χ0) is 25.2. The van der Waals surface area contributed by atoms with E-state index < -0.39 is 18.0 Å². The summed E-state index contributed by atoms with van der Waals surface area (Å²) in [6.45, 7) is 2.82. The lowest BCUT2D eigenvalue weighted by molar-refractivity contribution is -0.137. The van der Waals surface area contributed by atoms with Crippen LogP contribution in [0.2, 0.25) is 0 Å². The number of benzene rings is 2. The van der Waals surface area contributed by atoms with Crippen LogP contribution >= 0.6 is 0 Å². The Morgan fingerprint density at radius 2 is 1.77 bits per heavy atom. The van der Waals surface area contributed by atoms with E-state index in [0.717, 1.165) is 11.3 Å². The fourth-order valence-electron chi connectivity index (χ4n) is 3.63. The lowest BCUT2D eigenvalue weighted by atomic mass is 10.0. The molecule has 188 valence electrons. The van der Waals surface area contributed by atoms with E-state index >= 15 is 0 Å². The molecule has 0 aliphatic carbocycles. The number of carboxylic acids is 1. The van der Waals surface area contributed by atoms with Crippen LogP contribution in [0.4, 0.5) is 4.79 Å². The minimum absolute atomic E-state index is 0.0508. The third kappa shape index (κ3) is 8.09. The number of fused-ring (bicyclic) bond motifs is 1. The molecule has 35 heavy (non-hydrogen) atoms. The molecule has 1 heterocycles. The highest BCUT2D eigenvalue weighted by Crippen LogP contribution is 2.34. The van der Waals surface area contributed by atoms with Crippen LogP contribution < -0.4 is 30.2 Å². The number of amides is 3. The Hall–Kier alpha value is -3.95. The van der Waals surface area contributed by atoms with Gasteiger partial charge in [0.05, 0.1) is 19.6 Å². The summed E-state index contributed by atoms with van der Waals surface area (Å²) in [5.74, 6) is 0.795. The first-order valence-electron chi connectivity index (χ1n) is 11.4. The van der Waals surface area contributed by atoms with E-state index in [9.17, 15) is 19.5 Å². The van der Waals surface area contributed by atoms with Crippen molar-refractivity contribution in [2.75, 3.05) is 20.4 Å². The monoisotopic (exact) mass is 485 g/mol. The molecule has 0 saturated heterocycles. The van der Waals surface area contributed by atoms with Gasteiger partial charge in [-0.05, 0) is 47.7 Å². The second-order valence-corrected chi connectivity index (χ2v) is 8.39. The Labute approximate surface area is 203 Å². The summed E-state index contributed by atoms with van der Waals surface area (Å²) in [5, 5.41) is 17.6. The van der Waals surface area contributed by atoms with Gasteiger partial charge in [-0.2, -0.15) is 0 Å². The Kier molecular flexibility index (Phi) is 9.16. The number of carbonyl (C=O) groups is 3. The van der Waals surface area contributed by atoms with Gasteiger partial charge in [-0.25, -0.2) is 4.79 Å². The average Bonchev–Trinajstić information content (AvgIpc) is 3.30. The van der Waals surface area contributed by atoms with Crippen molar-refractivity contribution in [2.24, 2.45) is 5.92 Å². The van der Waals surface area contributed by atoms with Crippen molar-refractivity contribution in [3.05, 3.63) is 53.6 Å². The first-order chi connectivity index (χ1) is 16.8. The van der Waals surface area contributed by atoms with E-state index in [4.69, 9.17) is 14.2 Å². The normalized spacial score (nSPS) is 13.4. The van der Waals surface area contributed by atoms with E-state index in [1.807, 2.05) is 31.2 Å². The van der Waals surface area contributed by atoms with Crippen molar-refractivity contribution in [2.45, 2.75) is 38.8 Å². The molecule has 0 spiro atoms. The molecular formula is C25H31N3O7. The maximum absolute atomic E-state index is 12.4. The maximum atomic E-state index is 12.4. The number of carbonyl (C=O) groups excluding carboxylic acids is 2. The van der Waals surface area contributed by atoms with E-state index in [1.165, 1.54) is 0 Å². The summed E-state index contributed by atoms with van der Waals surface area (Å²) in [6, 6.07) is 11.3. The SMILES string of the molecule is COc1ccc(CNC(=O)CC(C)CCNC(=O)NC(CC(=O)O)c2ccc3c(c2)OCO3)cc1. The molecule has 1 aliphatic heterocycles. The molecule has 3 amide bonds. The van der Waals surface area contributed by atoms with Gasteiger partial charge in [0.2, 0.25) is 12.7 Å². The molecule has 2 unspecified atom stereocenters. The maximum Gasteiger partial charge on any atom is 0.315 e. The largest absolute Gasteiger partial charge is 0.497 e. The van der Waals surface area contributed by atoms with Gasteiger partial charge in [0, 0.05) is 19.5 Å². The second-order valence-electron chi connectivity index (χ2n) is 8.39. The van der Waals surface area contributed by atoms with Crippen LogP contribution in [-0.2, 0) is 16.1 Å². The van der Waals surface area contributed by atoms with Crippen LogP contribution in [0.15, 0.2) is 42.5 Å². The van der Waals surface area contributed by atoms with Crippen LogP contribution in [-0.4, -0.2) is 43.5 Å². The first kappa shape index (κ1) is 25.7. The molecule has 4 N–H and O–H groups in total. The van der Waals surface area contributed by atoms with Crippen molar-refractivity contribution >= 4 is 17.9 Å². The van der Waals surface area contributed by atoms with Gasteiger partial charge in [-0.1, -0.05) is 25.1 Å². The molecule has 0 saturated carbocycles. The molecule has 1 aliphatic rings. The summed E-state index contributed by atoms with van der Waals surface area (Å²) in [6.07, 6.45) is 0.646. The minimum atomic E-state index is -1.04. The lowest BCUT2D eigenvalue weighted by Crippen LogP contribution is -2.39. The standard InChI is InChI=1S/C25H31N3O7/c1-16(11-23(29)27-14-17-3-6-19(33-2)7-4-17)9-10-26-25(32)28-20(13-24(30)31)18-5-8-21-22(12-18)35-15-34-21/h3-8,12,16,20H,9-11,13-15H2,1-2H3,(H,27,29)(H,30,31)(H2,26,28,32). The molecule has 2 aromatic rings. The van der Waals surface area contributed by atoms with Gasteiger partial charge in [0.25, 0.3) is 0 Å². The highest BCUT2D eigenvalue weighted by molar-refractivity contribution is 5.77. The number of aliphatic carboxylic acids is 1. The average molecular weight is 486 g/mol. The fourth-order valence-corrected chi connectivity index (χ4v) is 3.63. The van der Waals surface area contributed by atoms with Crippen LogP contribution in [0, 0.1) is 5.92 Å². The smallest absolute Gasteiger partial charge is 0.315 e. The Morgan fingerprint density at radius 1 is 1.03 bits per heavy atom. The van der Waals surface area contributed by atoms with Gasteiger partial charge in [-0.15, -0.1) is 0 Å². The summed E-state index contributed by atoms with van der Waals surface area (Å²) in [7, 11) is 1.60. The number of methoxy groups -OCH3 is 1. The van der Waals surface area contributed by atoms with Gasteiger partial charge in [0.1, 0.15) is 5.75 Å². The summed E-state index contributed by atoms with van der Waals surface area (Å²) >= 11 is 0. The number of urea groups is 1. The highest BCUT2D eigenvalue weighted by atomic mass is 16.7. The van der Waals surface area contributed by atoms with Crippen LogP contribution in [0.25, 0.3) is 0 Å². The summed E-state index contributed by atoms with van der Waals surface area (Å²) in [4.78, 5) is 35.9. The van der Waals surface area contributed by atoms with E-state index in [2.05, 4.69) is 16.0 Å². The van der Waals surface area contributed by atoms with Crippen LogP contribution in [0.3, 0.4) is 0 Å². The fraction of sp³-hybridized carbons (Fsp3) is 0.400. The lowest BCUT2D eigenvalue weighted by Gasteiger charge is -2.19. The number of rotatable bonds is 12. The summed E-state index contributed by atoms with van der Waals surface area (Å²) < 4.78 is 15.7. The Bertz CT molecular complexity index is 1030. The molecule has 2 atom stereocenters. The van der Waals surface area contributed by atoms with Crippen molar-refractivity contribution in [3.8, 4) is 17.2 Å². The van der Waals surface area contributed by atoms with Gasteiger partial charge >= 0.3 is 12.0 Å². The van der Waals surface area contributed by atoms with Gasteiger partial charge < -0.3 is 35.3 Å². The molecule has 3 rings (SSSR count). The molecule has 2 aromatic carbocycles. The van der Waals surface area contributed by atoms with E-state index in [1.54, 1.807) is 25.3 Å². The Balaban J connectivity index is 1.39. The number of hydrogen-bond acceptors (Lipinski definition) is 6. The minimum Gasteiger partial charge on any atom is -0.497 e. The highest BCUT2D eigenvalue weighted by Gasteiger charge is 2.22. The van der Waals surface area contributed by atoms with Crippen molar-refractivity contribution < 1.29 is 33.7 Å². The molecule has 0 aromatic heterocycles. The second kappa shape index (κ2) is 12.5. The molecule has 0 bridgehead atoms. The predicted octanol–water partition coefficient (Wildman–Crippen LogP) is 2.97. The Morgan fingerprint density at radius 3 is 2.49 bits per heavy atom. The predicted molar refractivity (Wildman–Crippen MR) is 127 cm³/mol. The van der Waals surface area contributed by atoms with Crippen molar-refractivity contribution in [1.29, 1.82) is 0 Å². The zero-order valence-electron chi connectivity index (χ0n) is 19.8. The van der Waals surface area contributed by atoms with E-state index in [-0.39, 0.29) is 25.0 Å². The van der Waals surface area contributed by atoms with Crippen molar-refractivity contribution in [3.63, 3.8) is 0 Å². The number of ether oxygens (including phenoxy) is 3. The van der Waals surface area contributed by atoms with Crippen molar-refractivity contribution in [1.82, 2.24) is 16.0 Å². The zero-order valence-corrected chi connectivity index (χ0v) is 19.8. The number of carboxylic acid groups (broad SMARTS) is 1. The molecule has 0 fully saturated rings. The van der Waals surface area contributed by atoms with Crippen LogP contribution in [0.1, 0.15) is 43.4 Å². The number of nitrogens with one attached hydrogen (secondary N) is 3.